The van der Waals surface area contributed by atoms with Crippen LogP contribution in [0, 0.1) is 0 Å². The van der Waals surface area contributed by atoms with Crippen molar-refractivity contribution in [1.82, 2.24) is 20.3 Å². The molecular formula is C29H39N7. The van der Waals surface area contributed by atoms with Crippen molar-refractivity contribution in [3.8, 4) is 0 Å². The Morgan fingerprint density at radius 3 is 2.08 bits per heavy atom. The van der Waals surface area contributed by atoms with Gasteiger partial charge in [-0.25, -0.2) is 0 Å². The summed E-state index contributed by atoms with van der Waals surface area (Å²) in [4.78, 5) is 16.1. The van der Waals surface area contributed by atoms with E-state index >= 15 is 0 Å². The predicted octanol–water partition coefficient (Wildman–Crippen LogP) is 5.07. The van der Waals surface area contributed by atoms with Crippen molar-refractivity contribution in [3.05, 3.63) is 84.4 Å². The normalized spacial score (nSPS) is 14.1. The Morgan fingerprint density at radius 1 is 0.889 bits per heavy atom. The van der Waals surface area contributed by atoms with Gasteiger partial charge in [-0.2, -0.15) is 15.0 Å². The lowest BCUT2D eigenvalue weighted by atomic mass is 9.88. The predicted molar refractivity (Wildman–Crippen MR) is 150 cm³/mol. The highest BCUT2D eigenvalue weighted by molar-refractivity contribution is 5.44. The Kier molecular flexibility index (Phi) is 9.68. The third-order valence-electron chi connectivity index (χ3n) is 6.61. The molecule has 1 saturated heterocycles. The summed E-state index contributed by atoms with van der Waals surface area (Å²) in [5.41, 5.74) is 2.76. The Balaban J connectivity index is 1.32. The molecule has 0 amide bonds. The summed E-state index contributed by atoms with van der Waals surface area (Å²) in [5, 5.41) is 10.3. The standard InChI is InChI=1S/C29H39N7/c1-3-18-31-27-33-28(32-19-4-2)35-29(34-27)36-21-16-25(17-22-36)30-20-15-26(23-11-7-5-8-12-23)24-13-9-6-10-14-24/h3,5-14,25-26,30H,1,4,15-22H2,2H3,(H2,31,32,33,34,35). The van der Waals surface area contributed by atoms with Crippen LogP contribution in [0.1, 0.15) is 49.7 Å². The molecule has 0 bridgehead atoms. The monoisotopic (exact) mass is 485 g/mol. The lowest BCUT2D eigenvalue weighted by Gasteiger charge is -2.33. The first-order valence-electron chi connectivity index (χ1n) is 13.2. The molecule has 2 aromatic carbocycles. The summed E-state index contributed by atoms with van der Waals surface area (Å²) in [7, 11) is 0. The summed E-state index contributed by atoms with van der Waals surface area (Å²) >= 11 is 0. The summed E-state index contributed by atoms with van der Waals surface area (Å²) in [6.07, 6.45) is 6.04. The van der Waals surface area contributed by atoms with Crippen molar-refractivity contribution in [2.24, 2.45) is 0 Å². The molecule has 4 rings (SSSR count). The smallest absolute Gasteiger partial charge is 0.231 e. The maximum atomic E-state index is 4.69. The second-order valence-electron chi connectivity index (χ2n) is 9.26. The Labute approximate surface area is 215 Å². The van der Waals surface area contributed by atoms with Crippen molar-refractivity contribution in [1.29, 1.82) is 0 Å². The van der Waals surface area contributed by atoms with Crippen LogP contribution in [-0.4, -0.2) is 53.7 Å². The maximum absolute atomic E-state index is 4.69. The second kappa shape index (κ2) is 13.6. The van der Waals surface area contributed by atoms with Gasteiger partial charge < -0.3 is 20.9 Å². The van der Waals surface area contributed by atoms with E-state index in [1.807, 2.05) is 0 Å². The van der Waals surface area contributed by atoms with Crippen LogP contribution in [0.4, 0.5) is 17.8 Å². The fourth-order valence-electron chi connectivity index (χ4n) is 4.68. The highest BCUT2D eigenvalue weighted by atomic mass is 15.3. The highest BCUT2D eigenvalue weighted by Crippen LogP contribution is 2.27. The molecule has 36 heavy (non-hydrogen) atoms. The maximum Gasteiger partial charge on any atom is 0.231 e. The van der Waals surface area contributed by atoms with E-state index in [1.165, 1.54) is 11.1 Å². The third kappa shape index (κ3) is 7.28. The first-order chi connectivity index (χ1) is 17.8. The van der Waals surface area contributed by atoms with Gasteiger partial charge in [0, 0.05) is 38.1 Å². The van der Waals surface area contributed by atoms with Crippen molar-refractivity contribution < 1.29 is 0 Å². The zero-order chi connectivity index (χ0) is 25.0. The van der Waals surface area contributed by atoms with Crippen LogP contribution in [0.2, 0.25) is 0 Å². The van der Waals surface area contributed by atoms with Crippen LogP contribution in [0.25, 0.3) is 0 Å². The Bertz CT molecular complexity index is 1010. The lowest BCUT2D eigenvalue weighted by molar-refractivity contribution is 0.406. The van der Waals surface area contributed by atoms with E-state index in [9.17, 15) is 0 Å². The number of nitrogens with one attached hydrogen (secondary N) is 3. The van der Waals surface area contributed by atoms with Gasteiger partial charge in [0.15, 0.2) is 0 Å². The van der Waals surface area contributed by atoms with Crippen LogP contribution < -0.4 is 20.9 Å². The van der Waals surface area contributed by atoms with Crippen molar-refractivity contribution in [2.45, 2.75) is 44.6 Å². The van der Waals surface area contributed by atoms with Crippen LogP contribution in [0.5, 0.6) is 0 Å². The summed E-state index contributed by atoms with van der Waals surface area (Å²) in [6.45, 7) is 10.2. The quantitative estimate of drug-likeness (QED) is 0.292. The molecule has 3 aromatic rings. The number of piperidine rings is 1. The number of benzene rings is 2. The molecule has 0 spiro atoms. The molecule has 190 valence electrons. The molecule has 2 heterocycles. The molecule has 0 unspecified atom stereocenters. The third-order valence-corrected chi connectivity index (χ3v) is 6.61. The Hall–Kier alpha value is -3.45. The fraction of sp³-hybridized carbons (Fsp3) is 0.414. The molecule has 1 aliphatic heterocycles. The highest BCUT2D eigenvalue weighted by Gasteiger charge is 2.22. The number of hydrogen-bond acceptors (Lipinski definition) is 7. The van der Waals surface area contributed by atoms with Crippen LogP contribution in [-0.2, 0) is 0 Å². The minimum absolute atomic E-state index is 0.403. The molecular weight excluding hydrogens is 446 g/mol. The molecule has 0 saturated carbocycles. The molecule has 1 aromatic heterocycles. The van der Waals surface area contributed by atoms with E-state index in [2.05, 4.69) is 110 Å². The van der Waals surface area contributed by atoms with Gasteiger partial charge in [0.05, 0.1) is 0 Å². The summed E-state index contributed by atoms with van der Waals surface area (Å²) in [6, 6.07) is 22.2. The van der Waals surface area contributed by atoms with Crippen LogP contribution >= 0.6 is 0 Å². The first-order valence-corrected chi connectivity index (χ1v) is 13.2. The molecule has 1 fully saturated rings. The largest absolute Gasteiger partial charge is 0.354 e. The number of aromatic nitrogens is 3. The van der Waals surface area contributed by atoms with Crippen LogP contribution in [0.15, 0.2) is 73.3 Å². The second-order valence-corrected chi connectivity index (χ2v) is 9.26. The van der Waals surface area contributed by atoms with Gasteiger partial charge in [0.2, 0.25) is 17.8 Å². The molecule has 0 radical (unpaired) electrons. The average Bonchev–Trinajstić information content (AvgIpc) is 2.94. The van der Waals surface area contributed by atoms with Crippen LogP contribution in [0.3, 0.4) is 0 Å². The lowest BCUT2D eigenvalue weighted by Crippen LogP contribution is -2.43. The van der Waals surface area contributed by atoms with Gasteiger partial charge in [0.25, 0.3) is 0 Å². The van der Waals surface area contributed by atoms with E-state index < -0.39 is 0 Å². The van der Waals surface area contributed by atoms with E-state index in [-0.39, 0.29) is 0 Å². The van der Waals surface area contributed by atoms with Gasteiger partial charge in [-0.05, 0) is 43.4 Å². The van der Waals surface area contributed by atoms with Crippen molar-refractivity contribution >= 4 is 17.8 Å². The number of anilines is 3. The van der Waals surface area contributed by atoms with Crippen molar-refractivity contribution in [3.63, 3.8) is 0 Å². The SMILES string of the molecule is C=CCNc1nc(NCCC)nc(N2CCC(NCCC(c3ccccc3)c3ccccc3)CC2)n1. The van der Waals surface area contributed by atoms with Gasteiger partial charge in [-0.3, -0.25) is 0 Å². The molecule has 0 atom stereocenters. The van der Waals surface area contributed by atoms with Gasteiger partial charge in [0.1, 0.15) is 0 Å². The van der Waals surface area contributed by atoms with E-state index in [0.29, 0.717) is 30.4 Å². The average molecular weight is 486 g/mol. The molecule has 7 heteroatoms. The summed E-state index contributed by atoms with van der Waals surface area (Å²) in [5.74, 6) is 2.36. The number of nitrogens with zero attached hydrogens (tertiary/aromatic N) is 4. The van der Waals surface area contributed by atoms with E-state index in [1.54, 1.807) is 6.08 Å². The van der Waals surface area contributed by atoms with Gasteiger partial charge in [-0.15, -0.1) is 6.58 Å². The number of hydrogen-bond donors (Lipinski definition) is 3. The van der Waals surface area contributed by atoms with Gasteiger partial charge in [-0.1, -0.05) is 73.7 Å². The number of rotatable bonds is 13. The molecule has 7 nitrogen and oxygen atoms in total. The van der Waals surface area contributed by atoms with E-state index in [4.69, 9.17) is 0 Å². The molecule has 0 aliphatic carbocycles. The minimum atomic E-state index is 0.403. The topological polar surface area (TPSA) is 78.0 Å². The zero-order valence-electron chi connectivity index (χ0n) is 21.4. The molecule has 1 aliphatic rings. The van der Waals surface area contributed by atoms with E-state index in [0.717, 1.165) is 57.8 Å². The fourth-order valence-corrected chi connectivity index (χ4v) is 4.68. The van der Waals surface area contributed by atoms with Gasteiger partial charge >= 0.3 is 0 Å². The summed E-state index contributed by atoms with van der Waals surface area (Å²) < 4.78 is 0. The Morgan fingerprint density at radius 2 is 1.50 bits per heavy atom. The molecule has 3 N–H and O–H groups in total. The van der Waals surface area contributed by atoms with Crippen molar-refractivity contribution in [2.75, 3.05) is 48.3 Å². The zero-order valence-corrected chi connectivity index (χ0v) is 21.4. The first kappa shape index (κ1) is 25.6. The minimum Gasteiger partial charge on any atom is -0.354 e.